The van der Waals surface area contributed by atoms with E-state index in [1.54, 1.807) is 45.9 Å². The number of ether oxygens (including phenoxy) is 5. The predicted octanol–water partition coefficient (Wildman–Crippen LogP) is 6.49. The lowest BCUT2D eigenvalue weighted by molar-refractivity contribution is -0.217. The minimum absolute atomic E-state index is 0.0758. The van der Waals surface area contributed by atoms with Crippen molar-refractivity contribution < 1.29 is 47.3 Å². The lowest BCUT2D eigenvalue weighted by Crippen LogP contribution is -2.57. The van der Waals surface area contributed by atoms with Crippen LogP contribution in [0.3, 0.4) is 0 Å². The molecular weight excluding hydrogens is 756 g/mol. The Kier molecular flexibility index (Phi) is 6.89. The summed E-state index contributed by atoms with van der Waals surface area (Å²) in [5.74, 6) is -2.32. The van der Waals surface area contributed by atoms with E-state index in [0.717, 1.165) is 0 Å². The number of fused-ring (bicyclic) bond motifs is 7. The van der Waals surface area contributed by atoms with Gasteiger partial charge in [-0.05, 0) is 71.6 Å². The van der Waals surface area contributed by atoms with Crippen LogP contribution in [-0.2, 0) is 38.1 Å². The molecule has 7 rings (SSSR count). The number of carbonyl (C=O) groups excluding carboxylic acids is 4. The van der Waals surface area contributed by atoms with E-state index < -0.39 is 83.9 Å². The number of halogens is 2. The van der Waals surface area contributed by atoms with Crippen LogP contribution in [0, 0.1) is 21.7 Å². The smallest absolute Gasteiger partial charge is 0.351 e. The molecule has 5 aliphatic rings. The van der Waals surface area contributed by atoms with Gasteiger partial charge in [0.2, 0.25) is 11.2 Å². The molecule has 0 amide bonds. The van der Waals surface area contributed by atoms with Crippen molar-refractivity contribution in [1.82, 2.24) is 0 Å². The number of alkyl halides is 2. The maximum absolute atomic E-state index is 14.5. The van der Waals surface area contributed by atoms with Crippen LogP contribution in [0.25, 0.3) is 11.0 Å². The fourth-order valence-electron chi connectivity index (χ4n) is 8.72. The van der Waals surface area contributed by atoms with Crippen molar-refractivity contribution in [3.63, 3.8) is 0 Å². The number of hydrogen-bond acceptors (Lipinski definition) is 11. The van der Waals surface area contributed by atoms with E-state index in [4.69, 9.17) is 28.1 Å². The maximum Gasteiger partial charge on any atom is 0.351 e. The summed E-state index contributed by atoms with van der Waals surface area (Å²) in [5, 5.41) is 0.497. The van der Waals surface area contributed by atoms with Gasteiger partial charge in [0.1, 0.15) is 20.7 Å². The number of esters is 4. The second-order valence-corrected chi connectivity index (χ2v) is 19.0. The topological polar surface area (TPSA) is 145 Å². The quantitative estimate of drug-likeness (QED) is 0.142. The van der Waals surface area contributed by atoms with Gasteiger partial charge in [0.15, 0.2) is 12.2 Å². The van der Waals surface area contributed by atoms with Crippen molar-refractivity contribution in [2.24, 2.45) is 21.7 Å². The Balaban J connectivity index is 1.38. The van der Waals surface area contributed by atoms with Crippen LogP contribution < -0.4 is 10.4 Å². The predicted molar refractivity (Wildman–Crippen MR) is 176 cm³/mol. The molecule has 2 saturated heterocycles. The van der Waals surface area contributed by atoms with Crippen LogP contribution in [0.15, 0.2) is 27.4 Å². The summed E-state index contributed by atoms with van der Waals surface area (Å²) >= 11 is 6.72. The van der Waals surface area contributed by atoms with Gasteiger partial charge in [0.25, 0.3) is 0 Å². The average molecular weight is 794 g/mol. The molecule has 0 spiro atoms. The second-order valence-electron chi connectivity index (χ2n) is 15.9. The molecule has 3 aliphatic heterocycles. The molecular formula is C35H38Br2O11. The molecule has 0 N–H and O–H groups in total. The highest BCUT2D eigenvalue weighted by Gasteiger charge is 2.78. The van der Waals surface area contributed by atoms with Gasteiger partial charge in [-0.1, -0.05) is 59.6 Å². The Labute approximate surface area is 293 Å². The highest BCUT2D eigenvalue weighted by atomic mass is 79.9. The molecule has 1 aromatic carbocycles. The van der Waals surface area contributed by atoms with Crippen LogP contribution in [0.5, 0.6) is 5.75 Å². The molecule has 2 aliphatic carbocycles. The zero-order valence-electron chi connectivity index (χ0n) is 28.0. The highest BCUT2D eigenvalue weighted by Crippen LogP contribution is 2.67. The first-order chi connectivity index (χ1) is 22.1. The molecule has 4 unspecified atom stereocenters. The zero-order chi connectivity index (χ0) is 35.2. The summed E-state index contributed by atoms with van der Waals surface area (Å²) < 4.78 is 36.2. The second kappa shape index (κ2) is 9.86. The SMILES string of the molecule is CC1(C)Oc2ccc3cc(C(Br)Br)c(=O)oc3c2[C@@H](OC(=O)C23CCC(C)(C(=O)O2)C3(C)C)[C@H]1OC(=O)C12CCC(C)(C(=O)O1)C2(C)C. The van der Waals surface area contributed by atoms with Crippen molar-refractivity contribution in [1.29, 1.82) is 0 Å². The summed E-state index contributed by atoms with van der Waals surface area (Å²) in [4.78, 5) is 68.2. The first-order valence-electron chi connectivity index (χ1n) is 16.1. The van der Waals surface area contributed by atoms with Crippen LogP contribution in [-0.4, -0.2) is 46.8 Å². The number of rotatable bonds is 5. The van der Waals surface area contributed by atoms with E-state index >= 15 is 0 Å². The molecule has 0 radical (unpaired) electrons. The third kappa shape index (κ3) is 3.83. The van der Waals surface area contributed by atoms with Crippen molar-refractivity contribution in [2.75, 3.05) is 0 Å². The van der Waals surface area contributed by atoms with Gasteiger partial charge in [-0.25, -0.2) is 14.4 Å². The number of benzene rings is 1. The minimum atomic E-state index is -1.61. The minimum Gasteiger partial charge on any atom is -0.483 e. The molecule has 4 heterocycles. The lowest BCUT2D eigenvalue weighted by atomic mass is 9.66. The Bertz CT molecular complexity index is 1890. The highest BCUT2D eigenvalue weighted by molar-refractivity contribution is 9.24. The van der Waals surface area contributed by atoms with E-state index in [2.05, 4.69) is 31.9 Å². The fraction of sp³-hybridized carbons (Fsp3) is 0.629. The molecule has 48 heavy (non-hydrogen) atoms. The first-order valence-corrected chi connectivity index (χ1v) is 17.9. The first kappa shape index (κ1) is 33.6. The normalized spacial score (nSPS) is 36.4. The van der Waals surface area contributed by atoms with E-state index in [0.29, 0.717) is 23.8 Å². The van der Waals surface area contributed by atoms with Crippen LogP contribution in [0.1, 0.15) is 102 Å². The van der Waals surface area contributed by atoms with Crippen LogP contribution in [0.2, 0.25) is 0 Å². The van der Waals surface area contributed by atoms with Crippen molar-refractivity contribution in [2.45, 2.75) is 114 Å². The number of carbonyl (C=O) groups is 4. The summed E-state index contributed by atoms with van der Waals surface area (Å²) in [7, 11) is 0. The van der Waals surface area contributed by atoms with E-state index in [-0.39, 0.29) is 29.7 Å². The number of hydrogen-bond donors (Lipinski definition) is 0. The van der Waals surface area contributed by atoms with Gasteiger partial charge in [0.05, 0.1) is 22.0 Å². The van der Waals surface area contributed by atoms with Crippen LogP contribution in [0.4, 0.5) is 0 Å². The lowest BCUT2D eigenvalue weighted by Gasteiger charge is -2.45. The van der Waals surface area contributed by atoms with Crippen LogP contribution >= 0.6 is 31.9 Å². The molecule has 1 aromatic heterocycles. The molecule has 2 aromatic rings. The molecule has 4 bridgehead atoms. The van der Waals surface area contributed by atoms with Gasteiger partial charge in [-0.3, -0.25) is 9.59 Å². The standard InChI is InChI=1S/C35H38Br2O11/c1-29(2)22(45-28(42)35-14-12-33(8,26(40)48-35)31(35,5)6)21(44-27(41)34-13-11-32(7,25(39)47-34)30(34,3)4)19-18(46-29)10-9-16-15-17(23(36)37)24(38)43-20(16)19/h9-10,15,21-23H,11-14H2,1-8H3/t21-,22-,32?,33?,34?,35?/m1/s1. The van der Waals surface area contributed by atoms with E-state index in [9.17, 15) is 24.0 Å². The van der Waals surface area contributed by atoms with Crippen molar-refractivity contribution in [3.05, 3.63) is 39.7 Å². The Morgan fingerprint density at radius 2 is 1.29 bits per heavy atom. The molecule has 13 heteroatoms. The van der Waals surface area contributed by atoms with E-state index in [1.807, 2.05) is 27.7 Å². The van der Waals surface area contributed by atoms with Gasteiger partial charge >= 0.3 is 29.5 Å². The monoisotopic (exact) mass is 792 g/mol. The summed E-state index contributed by atoms with van der Waals surface area (Å²) in [6.45, 7) is 14.2. The molecule has 258 valence electrons. The van der Waals surface area contributed by atoms with Gasteiger partial charge < -0.3 is 28.1 Å². The Hall–Kier alpha value is -2.93. The van der Waals surface area contributed by atoms with Gasteiger partial charge in [-0.15, -0.1) is 0 Å². The van der Waals surface area contributed by atoms with Crippen molar-refractivity contribution in [3.8, 4) is 5.75 Å². The average Bonchev–Trinajstić information content (AvgIpc) is 3.45. The Morgan fingerprint density at radius 1 is 0.771 bits per heavy atom. The van der Waals surface area contributed by atoms with Gasteiger partial charge in [0, 0.05) is 16.2 Å². The maximum atomic E-state index is 14.5. The molecule has 6 atom stereocenters. The largest absolute Gasteiger partial charge is 0.483 e. The molecule has 11 nitrogen and oxygen atoms in total. The van der Waals surface area contributed by atoms with Crippen molar-refractivity contribution >= 4 is 66.7 Å². The zero-order valence-corrected chi connectivity index (χ0v) is 31.2. The summed E-state index contributed by atoms with van der Waals surface area (Å²) in [5.41, 5.74) is -8.25. The van der Waals surface area contributed by atoms with Gasteiger partial charge in [-0.2, -0.15) is 0 Å². The summed E-state index contributed by atoms with van der Waals surface area (Å²) in [6.07, 6.45) is -1.36. The third-order valence-corrected chi connectivity index (χ3v) is 14.1. The molecule has 4 fully saturated rings. The Morgan fingerprint density at radius 3 is 1.75 bits per heavy atom. The van der Waals surface area contributed by atoms with E-state index in [1.165, 1.54) is 0 Å². The third-order valence-electron chi connectivity index (χ3n) is 13.1. The molecule has 2 saturated carbocycles. The fourth-order valence-corrected chi connectivity index (χ4v) is 9.36. The summed E-state index contributed by atoms with van der Waals surface area (Å²) in [6, 6.07) is 5.02.